The van der Waals surface area contributed by atoms with Gasteiger partial charge in [0.1, 0.15) is 0 Å². The Morgan fingerprint density at radius 1 is 1.24 bits per heavy atom. The lowest BCUT2D eigenvalue weighted by molar-refractivity contribution is -0.0679. The maximum Gasteiger partial charge on any atom is 0.252 e. The number of nitrogens with one attached hydrogen (secondary N) is 1. The van der Waals surface area contributed by atoms with Crippen molar-refractivity contribution in [2.45, 2.75) is 32.5 Å². The van der Waals surface area contributed by atoms with Crippen LogP contribution >= 0.6 is 22.6 Å². The summed E-state index contributed by atoms with van der Waals surface area (Å²) >= 11 is 2.14. The van der Waals surface area contributed by atoms with Crippen molar-refractivity contribution in [2.75, 3.05) is 40.4 Å². The van der Waals surface area contributed by atoms with Gasteiger partial charge in [0.2, 0.25) is 0 Å². The van der Waals surface area contributed by atoms with Gasteiger partial charge in [-0.1, -0.05) is 0 Å². The van der Waals surface area contributed by atoms with Crippen LogP contribution < -0.4 is 14.8 Å². The Bertz CT molecular complexity index is 587. The summed E-state index contributed by atoms with van der Waals surface area (Å²) in [7, 11) is 3.15. The Morgan fingerprint density at radius 2 is 1.84 bits per heavy atom. The summed E-state index contributed by atoms with van der Waals surface area (Å²) in [5.74, 6) is 1.09. The van der Waals surface area contributed by atoms with E-state index in [1.54, 1.807) is 20.3 Å². The number of nitrogens with zero attached hydrogens (tertiary/aromatic N) is 1. The summed E-state index contributed by atoms with van der Waals surface area (Å²) in [6.45, 7) is 7.70. The third-order valence-corrected chi connectivity index (χ3v) is 5.04. The highest BCUT2D eigenvalue weighted by atomic mass is 127. The highest BCUT2D eigenvalue weighted by Gasteiger charge is 2.21. The van der Waals surface area contributed by atoms with Gasteiger partial charge in [0.25, 0.3) is 5.91 Å². The number of benzene rings is 1. The SMILES string of the molecule is COc1cc(I)c(C(=O)NCCCN2CC(C)OC(C)C2)cc1OC. The van der Waals surface area contributed by atoms with E-state index >= 15 is 0 Å². The molecule has 6 nitrogen and oxygen atoms in total. The molecule has 2 atom stereocenters. The zero-order valence-electron chi connectivity index (χ0n) is 15.3. The van der Waals surface area contributed by atoms with Gasteiger partial charge in [-0.05, 0) is 55.0 Å². The topological polar surface area (TPSA) is 60.0 Å². The number of rotatable bonds is 7. The van der Waals surface area contributed by atoms with Crippen molar-refractivity contribution in [1.29, 1.82) is 0 Å². The fourth-order valence-corrected chi connectivity index (χ4v) is 3.78. The average Bonchev–Trinajstić information content (AvgIpc) is 2.57. The summed E-state index contributed by atoms with van der Waals surface area (Å²) in [4.78, 5) is 14.8. The molecule has 0 radical (unpaired) electrons. The molecule has 0 aliphatic carbocycles. The van der Waals surface area contributed by atoms with Crippen LogP contribution in [0.4, 0.5) is 0 Å². The Morgan fingerprint density at radius 3 is 2.44 bits per heavy atom. The second-order valence-corrected chi connectivity index (χ2v) is 7.48. The lowest BCUT2D eigenvalue weighted by Gasteiger charge is -2.35. The van der Waals surface area contributed by atoms with Crippen molar-refractivity contribution in [3.8, 4) is 11.5 Å². The van der Waals surface area contributed by atoms with E-state index in [1.165, 1.54) is 0 Å². The Kier molecular flexibility index (Phi) is 7.77. The molecular formula is C18H27IN2O4. The number of ether oxygens (including phenoxy) is 3. The van der Waals surface area contributed by atoms with Crippen molar-refractivity contribution in [3.63, 3.8) is 0 Å². The van der Waals surface area contributed by atoms with E-state index in [0.29, 0.717) is 23.6 Å². The van der Waals surface area contributed by atoms with Crippen LogP contribution in [0.25, 0.3) is 0 Å². The fourth-order valence-electron chi connectivity index (χ4n) is 3.09. The Balaban J connectivity index is 1.84. The molecule has 140 valence electrons. The van der Waals surface area contributed by atoms with E-state index < -0.39 is 0 Å². The molecule has 2 unspecified atom stereocenters. The largest absolute Gasteiger partial charge is 0.493 e. The molecule has 7 heteroatoms. The van der Waals surface area contributed by atoms with Gasteiger partial charge in [-0.3, -0.25) is 9.69 Å². The van der Waals surface area contributed by atoms with Crippen LogP contribution in [0.15, 0.2) is 12.1 Å². The first kappa shape index (κ1) is 20.3. The molecule has 1 aliphatic heterocycles. The van der Waals surface area contributed by atoms with Crippen LogP contribution in [0, 0.1) is 3.57 Å². The lowest BCUT2D eigenvalue weighted by atomic mass is 10.2. The predicted octanol–water partition coefficient (Wildman–Crippen LogP) is 2.54. The molecule has 0 aromatic heterocycles. The number of hydrogen-bond acceptors (Lipinski definition) is 5. The third-order valence-electron chi connectivity index (χ3n) is 4.15. The first-order chi connectivity index (χ1) is 11.9. The molecule has 1 amide bonds. The fraction of sp³-hybridized carbons (Fsp3) is 0.611. The molecule has 0 spiro atoms. The Hall–Kier alpha value is -1.06. The van der Waals surface area contributed by atoms with Gasteiger partial charge in [-0.15, -0.1) is 0 Å². The highest BCUT2D eigenvalue weighted by Crippen LogP contribution is 2.31. The lowest BCUT2D eigenvalue weighted by Crippen LogP contribution is -2.46. The highest BCUT2D eigenvalue weighted by molar-refractivity contribution is 14.1. The molecule has 1 N–H and O–H groups in total. The number of carbonyl (C=O) groups excluding carboxylic acids is 1. The van der Waals surface area contributed by atoms with Gasteiger partial charge < -0.3 is 19.5 Å². The summed E-state index contributed by atoms with van der Waals surface area (Å²) in [5, 5.41) is 2.99. The van der Waals surface area contributed by atoms with Crippen molar-refractivity contribution < 1.29 is 19.0 Å². The molecule has 2 rings (SSSR count). The molecule has 1 aromatic carbocycles. The zero-order valence-corrected chi connectivity index (χ0v) is 17.5. The summed E-state index contributed by atoms with van der Waals surface area (Å²) in [6, 6.07) is 3.53. The normalized spacial score (nSPS) is 21.0. The van der Waals surface area contributed by atoms with Crippen LogP contribution in [-0.4, -0.2) is 63.4 Å². The van der Waals surface area contributed by atoms with Gasteiger partial charge in [-0.25, -0.2) is 0 Å². The molecular weight excluding hydrogens is 435 g/mol. The standard InChI is InChI=1S/C18H27IN2O4/c1-12-10-21(11-13(2)25-12)7-5-6-20-18(22)14-8-16(23-3)17(24-4)9-15(14)19/h8-9,12-13H,5-7,10-11H2,1-4H3,(H,20,22). The second kappa shape index (κ2) is 9.59. The van der Waals surface area contributed by atoms with Crippen LogP contribution in [0.2, 0.25) is 0 Å². The maximum absolute atomic E-state index is 12.4. The minimum absolute atomic E-state index is 0.0888. The molecule has 1 fully saturated rings. The quantitative estimate of drug-likeness (QED) is 0.499. The number of carbonyl (C=O) groups is 1. The third kappa shape index (κ3) is 5.72. The summed E-state index contributed by atoms with van der Waals surface area (Å²) < 4.78 is 17.1. The van der Waals surface area contributed by atoms with Gasteiger partial charge in [-0.2, -0.15) is 0 Å². The number of amides is 1. The van der Waals surface area contributed by atoms with Crippen LogP contribution in [-0.2, 0) is 4.74 Å². The van der Waals surface area contributed by atoms with E-state index in [1.807, 2.05) is 6.07 Å². The monoisotopic (exact) mass is 462 g/mol. The minimum Gasteiger partial charge on any atom is -0.493 e. The van der Waals surface area contributed by atoms with E-state index in [-0.39, 0.29) is 18.1 Å². The smallest absolute Gasteiger partial charge is 0.252 e. The van der Waals surface area contributed by atoms with E-state index in [2.05, 4.69) is 46.7 Å². The first-order valence-corrected chi connectivity index (χ1v) is 9.60. The van der Waals surface area contributed by atoms with Crippen molar-refractivity contribution in [2.24, 2.45) is 0 Å². The van der Waals surface area contributed by atoms with Gasteiger partial charge in [0.15, 0.2) is 11.5 Å². The average molecular weight is 462 g/mol. The molecule has 1 aromatic rings. The molecule has 1 heterocycles. The minimum atomic E-state index is -0.0888. The molecule has 1 aliphatic rings. The van der Waals surface area contributed by atoms with Crippen LogP contribution in [0.3, 0.4) is 0 Å². The first-order valence-electron chi connectivity index (χ1n) is 8.52. The van der Waals surface area contributed by atoms with E-state index in [0.717, 1.165) is 29.6 Å². The van der Waals surface area contributed by atoms with Gasteiger partial charge >= 0.3 is 0 Å². The van der Waals surface area contributed by atoms with Crippen molar-refractivity contribution >= 4 is 28.5 Å². The number of methoxy groups -OCH3 is 2. The van der Waals surface area contributed by atoms with Crippen LogP contribution in [0.1, 0.15) is 30.6 Å². The predicted molar refractivity (Wildman–Crippen MR) is 106 cm³/mol. The van der Waals surface area contributed by atoms with E-state index in [4.69, 9.17) is 14.2 Å². The zero-order chi connectivity index (χ0) is 18.4. The van der Waals surface area contributed by atoms with E-state index in [9.17, 15) is 4.79 Å². The van der Waals surface area contributed by atoms with Gasteiger partial charge in [0, 0.05) is 29.7 Å². The summed E-state index contributed by atoms with van der Waals surface area (Å²) in [5.41, 5.74) is 0.604. The molecule has 1 saturated heterocycles. The van der Waals surface area contributed by atoms with Crippen LogP contribution in [0.5, 0.6) is 11.5 Å². The van der Waals surface area contributed by atoms with Crippen molar-refractivity contribution in [3.05, 3.63) is 21.3 Å². The van der Waals surface area contributed by atoms with Crippen molar-refractivity contribution in [1.82, 2.24) is 10.2 Å². The van der Waals surface area contributed by atoms with Gasteiger partial charge in [0.05, 0.1) is 32.0 Å². The molecule has 0 bridgehead atoms. The Labute approximate surface area is 163 Å². The number of hydrogen-bond donors (Lipinski definition) is 1. The molecule has 25 heavy (non-hydrogen) atoms. The maximum atomic E-state index is 12.4. The summed E-state index contributed by atoms with van der Waals surface area (Å²) in [6.07, 6.45) is 1.45. The number of halogens is 1. The number of morpholine rings is 1. The second-order valence-electron chi connectivity index (χ2n) is 6.31. The molecule has 0 saturated carbocycles.